The van der Waals surface area contributed by atoms with Crippen molar-refractivity contribution in [3.05, 3.63) is 60.2 Å². The van der Waals surface area contributed by atoms with Crippen LogP contribution in [0.4, 0.5) is 0 Å². The van der Waals surface area contributed by atoms with Crippen molar-refractivity contribution in [1.29, 1.82) is 0 Å². The van der Waals surface area contributed by atoms with E-state index in [0.29, 0.717) is 0 Å². The highest BCUT2D eigenvalue weighted by Crippen LogP contribution is 2.38. The fourth-order valence-electron chi connectivity index (χ4n) is 3.35. The van der Waals surface area contributed by atoms with E-state index in [2.05, 4.69) is 28.8 Å². The van der Waals surface area contributed by atoms with Gasteiger partial charge in [-0.2, -0.15) is 0 Å². The Kier molecular flexibility index (Phi) is 4.40. The predicted octanol–water partition coefficient (Wildman–Crippen LogP) is 3.45. The summed E-state index contributed by atoms with van der Waals surface area (Å²) in [4.78, 5) is 12.0. The van der Waals surface area contributed by atoms with Crippen molar-refractivity contribution in [2.75, 3.05) is 7.11 Å². The summed E-state index contributed by atoms with van der Waals surface area (Å²) in [6, 6.07) is 17.7. The molecule has 1 aromatic heterocycles. The van der Waals surface area contributed by atoms with Gasteiger partial charge in [-0.15, -0.1) is 0 Å². The standard InChI is InChI=1S/C20H22N2O2/c1-13(18(21)20(23)24-3)17-15-11-7-8-12-16(15)22(2)19(17)14-9-5-4-6-10-14/h4-13,18H,21H2,1-3H3/t13-,18-/m1/s1. The van der Waals surface area contributed by atoms with E-state index in [4.69, 9.17) is 10.5 Å². The van der Waals surface area contributed by atoms with Gasteiger partial charge in [0, 0.05) is 23.9 Å². The Labute approximate surface area is 141 Å². The van der Waals surface area contributed by atoms with Gasteiger partial charge >= 0.3 is 5.97 Å². The third kappa shape index (κ3) is 2.59. The van der Waals surface area contributed by atoms with Gasteiger partial charge in [0.15, 0.2) is 0 Å². The van der Waals surface area contributed by atoms with Gasteiger partial charge in [0.1, 0.15) is 6.04 Å². The maximum atomic E-state index is 12.0. The molecule has 3 aromatic rings. The van der Waals surface area contributed by atoms with Gasteiger partial charge in [0.05, 0.1) is 12.8 Å². The van der Waals surface area contributed by atoms with Crippen LogP contribution in [0, 0.1) is 0 Å². The number of hydrogen-bond acceptors (Lipinski definition) is 3. The number of nitrogens with zero attached hydrogens (tertiary/aromatic N) is 1. The van der Waals surface area contributed by atoms with Crippen molar-refractivity contribution in [3.8, 4) is 11.3 Å². The van der Waals surface area contributed by atoms with E-state index < -0.39 is 12.0 Å². The largest absolute Gasteiger partial charge is 0.468 e. The molecule has 0 fully saturated rings. The SMILES string of the molecule is COC(=O)[C@H](N)[C@H](C)c1c(-c2ccccc2)n(C)c2ccccc12. The van der Waals surface area contributed by atoms with E-state index in [1.54, 1.807) is 0 Å². The van der Waals surface area contributed by atoms with Crippen LogP contribution < -0.4 is 5.73 Å². The second-order valence-electron chi connectivity index (χ2n) is 6.04. The van der Waals surface area contributed by atoms with Gasteiger partial charge in [0.25, 0.3) is 0 Å². The number of carbonyl (C=O) groups excluding carboxylic acids is 1. The normalized spacial score (nSPS) is 13.7. The number of benzene rings is 2. The zero-order chi connectivity index (χ0) is 17.3. The zero-order valence-electron chi connectivity index (χ0n) is 14.2. The highest BCUT2D eigenvalue weighted by atomic mass is 16.5. The molecule has 0 amide bonds. The van der Waals surface area contributed by atoms with Crippen LogP contribution >= 0.6 is 0 Å². The summed E-state index contributed by atoms with van der Waals surface area (Å²) in [6.45, 7) is 1.98. The second-order valence-corrected chi connectivity index (χ2v) is 6.04. The number of fused-ring (bicyclic) bond motifs is 1. The molecule has 0 spiro atoms. The third-order valence-electron chi connectivity index (χ3n) is 4.66. The van der Waals surface area contributed by atoms with Crippen molar-refractivity contribution in [2.45, 2.75) is 18.9 Å². The number of nitrogens with two attached hydrogens (primary N) is 1. The summed E-state index contributed by atoms with van der Waals surface area (Å²) in [5.74, 6) is -0.562. The topological polar surface area (TPSA) is 57.2 Å². The van der Waals surface area contributed by atoms with Crippen LogP contribution in [0.25, 0.3) is 22.2 Å². The average molecular weight is 322 g/mol. The molecule has 0 aliphatic carbocycles. The van der Waals surface area contributed by atoms with Crippen LogP contribution in [-0.4, -0.2) is 23.7 Å². The third-order valence-corrected chi connectivity index (χ3v) is 4.66. The lowest BCUT2D eigenvalue weighted by Crippen LogP contribution is -2.36. The number of aryl methyl sites for hydroxylation is 1. The Hall–Kier alpha value is -2.59. The fraction of sp³-hybridized carbons (Fsp3) is 0.250. The molecule has 3 rings (SSSR count). The summed E-state index contributed by atoms with van der Waals surface area (Å²) >= 11 is 0. The molecule has 1 heterocycles. The van der Waals surface area contributed by atoms with Gasteiger partial charge in [-0.1, -0.05) is 55.5 Å². The molecular formula is C20H22N2O2. The van der Waals surface area contributed by atoms with E-state index in [1.165, 1.54) is 7.11 Å². The molecule has 0 radical (unpaired) electrons. The lowest BCUT2D eigenvalue weighted by atomic mass is 9.89. The number of ether oxygens (including phenoxy) is 1. The maximum absolute atomic E-state index is 12.0. The summed E-state index contributed by atoms with van der Waals surface area (Å²) in [5, 5.41) is 1.12. The van der Waals surface area contributed by atoms with Crippen molar-refractivity contribution < 1.29 is 9.53 Å². The Balaban J connectivity index is 2.27. The Bertz CT molecular complexity index is 868. The predicted molar refractivity (Wildman–Crippen MR) is 96.8 cm³/mol. The maximum Gasteiger partial charge on any atom is 0.323 e. The van der Waals surface area contributed by atoms with Gasteiger partial charge in [-0.05, 0) is 17.2 Å². The van der Waals surface area contributed by atoms with E-state index >= 15 is 0 Å². The molecule has 0 bridgehead atoms. The summed E-state index contributed by atoms with van der Waals surface area (Å²) in [5.41, 5.74) is 10.6. The number of rotatable bonds is 4. The van der Waals surface area contributed by atoms with E-state index in [-0.39, 0.29) is 5.92 Å². The number of hydrogen-bond donors (Lipinski definition) is 1. The summed E-state index contributed by atoms with van der Waals surface area (Å²) in [7, 11) is 3.42. The van der Waals surface area contributed by atoms with E-state index in [9.17, 15) is 4.79 Å². The zero-order valence-corrected chi connectivity index (χ0v) is 14.2. The van der Waals surface area contributed by atoms with Gasteiger partial charge in [0.2, 0.25) is 0 Å². The number of para-hydroxylation sites is 1. The Morgan fingerprint density at radius 1 is 1.08 bits per heavy atom. The van der Waals surface area contributed by atoms with Crippen molar-refractivity contribution >= 4 is 16.9 Å². The lowest BCUT2D eigenvalue weighted by Gasteiger charge is -2.20. The number of methoxy groups -OCH3 is 1. The van der Waals surface area contributed by atoms with Crippen molar-refractivity contribution in [3.63, 3.8) is 0 Å². The second kappa shape index (κ2) is 6.49. The van der Waals surface area contributed by atoms with Crippen LogP contribution in [0.1, 0.15) is 18.4 Å². The van der Waals surface area contributed by atoms with E-state index in [0.717, 1.165) is 27.7 Å². The summed E-state index contributed by atoms with van der Waals surface area (Å²) in [6.07, 6.45) is 0. The molecule has 0 aliphatic rings. The molecule has 2 atom stereocenters. The minimum absolute atomic E-state index is 0.168. The fourth-order valence-corrected chi connectivity index (χ4v) is 3.35. The first-order chi connectivity index (χ1) is 11.6. The number of esters is 1. The van der Waals surface area contributed by atoms with Crippen LogP contribution in [0.15, 0.2) is 54.6 Å². The number of carbonyl (C=O) groups is 1. The minimum Gasteiger partial charge on any atom is -0.468 e. The minimum atomic E-state index is -0.705. The molecular weight excluding hydrogens is 300 g/mol. The Morgan fingerprint density at radius 3 is 2.38 bits per heavy atom. The first-order valence-corrected chi connectivity index (χ1v) is 8.02. The van der Waals surface area contributed by atoms with E-state index in [1.807, 2.05) is 44.3 Å². The first-order valence-electron chi connectivity index (χ1n) is 8.02. The molecule has 124 valence electrons. The molecule has 2 N–H and O–H groups in total. The van der Waals surface area contributed by atoms with Crippen LogP contribution in [0.3, 0.4) is 0 Å². The summed E-state index contributed by atoms with van der Waals surface area (Å²) < 4.78 is 7.02. The quantitative estimate of drug-likeness (QED) is 0.749. The van der Waals surface area contributed by atoms with Crippen molar-refractivity contribution in [1.82, 2.24) is 4.57 Å². The molecule has 2 aromatic carbocycles. The van der Waals surface area contributed by atoms with Gasteiger partial charge < -0.3 is 15.0 Å². The molecule has 0 aliphatic heterocycles. The molecule has 24 heavy (non-hydrogen) atoms. The molecule has 0 saturated carbocycles. The highest BCUT2D eigenvalue weighted by molar-refractivity contribution is 5.93. The molecule has 0 unspecified atom stereocenters. The van der Waals surface area contributed by atoms with Crippen LogP contribution in [0.5, 0.6) is 0 Å². The van der Waals surface area contributed by atoms with Gasteiger partial charge in [-0.25, -0.2) is 0 Å². The Morgan fingerprint density at radius 2 is 1.71 bits per heavy atom. The molecule has 4 heteroatoms. The van der Waals surface area contributed by atoms with Gasteiger partial charge in [-0.3, -0.25) is 4.79 Å². The smallest absolute Gasteiger partial charge is 0.323 e. The molecule has 4 nitrogen and oxygen atoms in total. The van der Waals surface area contributed by atoms with Crippen LogP contribution in [-0.2, 0) is 16.6 Å². The lowest BCUT2D eigenvalue weighted by molar-refractivity contribution is -0.142. The molecule has 0 saturated heterocycles. The number of aromatic nitrogens is 1. The first kappa shape index (κ1) is 16.3. The monoisotopic (exact) mass is 322 g/mol. The van der Waals surface area contributed by atoms with Crippen molar-refractivity contribution in [2.24, 2.45) is 12.8 Å². The highest BCUT2D eigenvalue weighted by Gasteiger charge is 2.29. The van der Waals surface area contributed by atoms with Crippen LogP contribution in [0.2, 0.25) is 0 Å². The average Bonchev–Trinajstić information content (AvgIpc) is 2.93.